The molecule has 1 N–H and O–H groups in total. The Kier molecular flexibility index (Phi) is 3.07. The number of H-pyrrole nitrogens is 1. The number of rotatable bonds is 0. The van der Waals surface area contributed by atoms with E-state index in [1.807, 2.05) is 20.8 Å². The average Bonchev–Trinajstić information content (AvgIpc) is 2.53. The van der Waals surface area contributed by atoms with E-state index in [0.29, 0.717) is 0 Å². The Hall–Kier alpha value is -1.31. The zero-order valence-electron chi connectivity index (χ0n) is 8.68. The molecule has 70 valence electrons. The number of aromatic amines is 1. The molecule has 2 rings (SSSR count). The SMILES string of the molecule is CC.Cc1[nH]nc2c(C)cccc12. The molecule has 0 unspecified atom stereocenters. The second-order valence-corrected chi connectivity index (χ2v) is 2.82. The molecule has 0 radical (unpaired) electrons. The van der Waals surface area contributed by atoms with E-state index in [2.05, 4.69) is 35.3 Å². The van der Waals surface area contributed by atoms with Crippen LogP contribution in [0.5, 0.6) is 0 Å². The lowest BCUT2D eigenvalue weighted by Crippen LogP contribution is -1.74. The van der Waals surface area contributed by atoms with E-state index in [1.54, 1.807) is 0 Å². The summed E-state index contributed by atoms with van der Waals surface area (Å²) in [7, 11) is 0. The maximum Gasteiger partial charge on any atom is 0.0952 e. The fraction of sp³-hybridized carbons (Fsp3) is 0.364. The van der Waals surface area contributed by atoms with Gasteiger partial charge in [-0.15, -0.1) is 0 Å². The van der Waals surface area contributed by atoms with Crippen molar-refractivity contribution in [3.63, 3.8) is 0 Å². The number of hydrogen-bond acceptors (Lipinski definition) is 1. The van der Waals surface area contributed by atoms with Gasteiger partial charge in [0.15, 0.2) is 0 Å². The zero-order valence-corrected chi connectivity index (χ0v) is 8.68. The summed E-state index contributed by atoms with van der Waals surface area (Å²) in [5, 5.41) is 8.39. The van der Waals surface area contributed by atoms with Crippen LogP contribution in [-0.2, 0) is 0 Å². The number of fused-ring (bicyclic) bond motifs is 1. The van der Waals surface area contributed by atoms with Crippen molar-refractivity contribution >= 4 is 10.9 Å². The quantitative estimate of drug-likeness (QED) is 0.656. The molecule has 1 heterocycles. The average molecular weight is 176 g/mol. The van der Waals surface area contributed by atoms with Crippen molar-refractivity contribution in [1.29, 1.82) is 0 Å². The Morgan fingerprint density at radius 1 is 1.15 bits per heavy atom. The number of hydrogen-bond donors (Lipinski definition) is 1. The third-order valence-corrected chi connectivity index (χ3v) is 1.98. The second kappa shape index (κ2) is 4.08. The Labute approximate surface area is 79.0 Å². The van der Waals surface area contributed by atoms with E-state index >= 15 is 0 Å². The van der Waals surface area contributed by atoms with Gasteiger partial charge in [-0.1, -0.05) is 32.0 Å². The molecule has 0 bridgehead atoms. The third-order valence-electron chi connectivity index (χ3n) is 1.98. The summed E-state index contributed by atoms with van der Waals surface area (Å²) in [4.78, 5) is 0. The van der Waals surface area contributed by atoms with Gasteiger partial charge < -0.3 is 0 Å². The monoisotopic (exact) mass is 176 g/mol. The molecule has 0 amide bonds. The number of benzene rings is 1. The van der Waals surface area contributed by atoms with Crippen LogP contribution >= 0.6 is 0 Å². The lowest BCUT2D eigenvalue weighted by molar-refractivity contribution is 1.06. The van der Waals surface area contributed by atoms with E-state index in [0.717, 1.165) is 11.2 Å². The van der Waals surface area contributed by atoms with Gasteiger partial charge in [-0.3, -0.25) is 5.10 Å². The molecule has 0 atom stereocenters. The highest BCUT2D eigenvalue weighted by Gasteiger charge is 2.01. The van der Waals surface area contributed by atoms with Crippen molar-refractivity contribution in [2.45, 2.75) is 27.7 Å². The Morgan fingerprint density at radius 2 is 1.85 bits per heavy atom. The molecule has 0 spiro atoms. The van der Waals surface area contributed by atoms with E-state index in [1.165, 1.54) is 10.9 Å². The van der Waals surface area contributed by atoms with Gasteiger partial charge in [0, 0.05) is 11.1 Å². The van der Waals surface area contributed by atoms with Crippen LogP contribution in [0, 0.1) is 13.8 Å². The third kappa shape index (κ3) is 1.72. The van der Waals surface area contributed by atoms with Crippen LogP contribution in [0.3, 0.4) is 0 Å². The van der Waals surface area contributed by atoms with Gasteiger partial charge in [0.25, 0.3) is 0 Å². The predicted octanol–water partition coefficient (Wildman–Crippen LogP) is 3.21. The van der Waals surface area contributed by atoms with Crippen molar-refractivity contribution < 1.29 is 0 Å². The summed E-state index contributed by atoms with van der Waals surface area (Å²) < 4.78 is 0. The topological polar surface area (TPSA) is 28.7 Å². The van der Waals surface area contributed by atoms with Crippen molar-refractivity contribution in [3.8, 4) is 0 Å². The fourth-order valence-corrected chi connectivity index (χ4v) is 1.31. The van der Waals surface area contributed by atoms with Crippen LogP contribution < -0.4 is 0 Å². The van der Waals surface area contributed by atoms with Crippen LogP contribution in [0.2, 0.25) is 0 Å². The largest absolute Gasteiger partial charge is 0.282 e. The first-order valence-corrected chi connectivity index (χ1v) is 4.69. The summed E-state index contributed by atoms with van der Waals surface area (Å²) in [5.74, 6) is 0. The summed E-state index contributed by atoms with van der Waals surface area (Å²) in [6, 6.07) is 6.21. The standard InChI is InChI=1S/C9H10N2.C2H6/c1-6-4-3-5-8-7(2)10-11-9(6)8;1-2/h3-5H,1-2H3,(H,10,11);1-2H3. The normalized spacial score (nSPS) is 9.54. The molecule has 2 heteroatoms. The number of nitrogens with zero attached hydrogens (tertiary/aromatic N) is 1. The minimum absolute atomic E-state index is 1.09. The fourth-order valence-electron chi connectivity index (χ4n) is 1.31. The first-order valence-electron chi connectivity index (χ1n) is 4.69. The van der Waals surface area contributed by atoms with Gasteiger partial charge in [0.1, 0.15) is 0 Å². The van der Waals surface area contributed by atoms with E-state index in [-0.39, 0.29) is 0 Å². The summed E-state index contributed by atoms with van der Waals surface area (Å²) in [5.41, 5.74) is 3.46. The highest BCUT2D eigenvalue weighted by atomic mass is 15.1. The van der Waals surface area contributed by atoms with Crippen molar-refractivity contribution in [3.05, 3.63) is 29.5 Å². The van der Waals surface area contributed by atoms with Gasteiger partial charge in [0.2, 0.25) is 0 Å². The van der Waals surface area contributed by atoms with Gasteiger partial charge >= 0.3 is 0 Å². The number of para-hydroxylation sites is 1. The van der Waals surface area contributed by atoms with Gasteiger partial charge in [-0.25, -0.2) is 0 Å². The van der Waals surface area contributed by atoms with Crippen LogP contribution in [0.15, 0.2) is 18.2 Å². The van der Waals surface area contributed by atoms with E-state index < -0.39 is 0 Å². The molecule has 0 saturated heterocycles. The molecule has 1 aromatic heterocycles. The molecular formula is C11H16N2. The molecule has 13 heavy (non-hydrogen) atoms. The highest BCUT2D eigenvalue weighted by Crippen LogP contribution is 2.17. The minimum Gasteiger partial charge on any atom is -0.282 e. The van der Waals surface area contributed by atoms with Crippen molar-refractivity contribution in [2.75, 3.05) is 0 Å². The van der Waals surface area contributed by atoms with Gasteiger partial charge in [-0.05, 0) is 19.4 Å². The van der Waals surface area contributed by atoms with Crippen LogP contribution in [-0.4, -0.2) is 10.2 Å². The number of aryl methyl sites for hydroxylation is 2. The van der Waals surface area contributed by atoms with Crippen LogP contribution in [0.4, 0.5) is 0 Å². The number of nitrogens with one attached hydrogen (secondary N) is 1. The second-order valence-electron chi connectivity index (χ2n) is 2.82. The molecule has 2 aromatic rings. The first kappa shape index (κ1) is 9.78. The first-order chi connectivity index (χ1) is 6.29. The smallest absolute Gasteiger partial charge is 0.0952 e. The molecule has 0 saturated carbocycles. The minimum atomic E-state index is 1.09. The van der Waals surface area contributed by atoms with Crippen molar-refractivity contribution in [2.24, 2.45) is 0 Å². The maximum atomic E-state index is 4.19. The summed E-state index contributed by atoms with van der Waals surface area (Å²) in [6.45, 7) is 8.11. The maximum absolute atomic E-state index is 4.19. The van der Waals surface area contributed by atoms with Crippen LogP contribution in [0.1, 0.15) is 25.1 Å². The van der Waals surface area contributed by atoms with Crippen molar-refractivity contribution in [1.82, 2.24) is 10.2 Å². The summed E-state index contributed by atoms with van der Waals surface area (Å²) in [6.07, 6.45) is 0. The van der Waals surface area contributed by atoms with E-state index in [9.17, 15) is 0 Å². The lowest BCUT2D eigenvalue weighted by Gasteiger charge is -1.91. The van der Waals surface area contributed by atoms with Gasteiger partial charge in [-0.2, -0.15) is 5.10 Å². The molecule has 0 fully saturated rings. The molecule has 0 aliphatic heterocycles. The zero-order chi connectivity index (χ0) is 9.84. The molecular weight excluding hydrogens is 160 g/mol. The Balaban J connectivity index is 0.000000396. The molecule has 0 aliphatic rings. The highest BCUT2D eigenvalue weighted by molar-refractivity contribution is 5.83. The predicted molar refractivity (Wildman–Crippen MR) is 56.9 cm³/mol. The molecule has 2 nitrogen and oxygen atoms in total. The molecule has 0 aliphatic carbocycles. The summed E-state index contributed by atoms with van der Waals surface area (Å²) >= 11 is 0. The molecule has 1 aromatic carbocycles. The number of aromatic nitrogens is 2. The van der Waals surface area contributed by atoms with E-state index in [4.69, 9.17) is 0 Å². The lowest BCUT2D eigenvalue weighted by atomic mass is 10.1. The van der Waals surface area contributed by atoms with Gasteiger partial charge in [0.05, 0.1) is 5.52 Å². The van der Waals surface area contributed by atoms with Crippen LogP contribution in [0.25, 0.3) is 10.9 Å². The Bertz CT molecular complexity index is 388. The Morgan fingerprint density at radius 3 is 2.46 bits per heavy atom.